The van der Waals surface area contributed by atoms with Crippen molar-refractivity contribution >= 4 is 11.6 Å². The molecule has 2 aliphatic rings. The Morgan fingerprint density at radius 3 is 2.58 bits per heavy atom. The lowest BCUT2D eigenvalue weighted by Crippen LogP contribution is -2.35. The lowest BCUT2D eigenvalue weighted by molar-refractivity contribution is -0.123. The number of carbonyl (C=O) groups is 1. The molecule has 2 atom stereocenters. The maximum atomic E-state index is 12.1. The second-order valence-corrected chi connectivity index (χ2v) is 7.53. The summed E-state index contributed by atoms with van der Waals surface area (Å²) in [7, 11) is 1.58. The summed E-state index contributed by atoms with van der Waals surface area (Å²) in [6.07, 6.45) is 3.39. The first-order chi connectivity index (χ1) is 11.4. The largest absolute Gasteiger partial charge is 0.493 e. The Hall–Kier alpha value is -2.04. The highest BCUT2D eigenvalue weighted by Crippen LogP contribution is 2.63. The molecule has 0 heterocycles. The van der Waals surface area contributed by atoms with Gasteiger partial charge < -0.3 is 9.47 Å². The van der Waals surface area contributed by atoms with Crippen LogP contribution in [0.3, 0.4) is 0 Å². The molecule has 24 heavy (non-hydrogen) atoms. The summed E-state index contributed by atoms with van der Waals surface area (Å²) in [4.78, 5) is 12.1. The maximum Gasteiger partial charge on any atom is 0.277 e. The number of amides is 1. The van der Waals surface area contributed by atoms with Gasteiger partial charge in [-0.3, -0.25) is 4.79 Å². The fraction of sp³-hybridized carbons (Fsp3) is 0.579. The summed E-state index contributed by atoms with van der Waals surface area (Å²) in [5.74, 6) is 1.58. The van der Waals surface area contributed by atoms with Crippen molar-refractivity contribution in [3.8, 4) is 11.5 Å². The van der Waals surface area contributed by atoms with E-state index in [-0.39, 0.29) is 23.3 Å². The topological polar surface area (TPSA) is 59.9 Å². The van der Waals surface area contributed by atoms with E-state index in [1.807, 2.05) is 12.1 Å². The van der Waals surface area contributed by atoms with Gasteiger partial charge in [0.2, 0.25) is 0 Å². The normalized spacial score (nSPS) is 28.8. The van der Waals surface area contributed by atoms with Crippen LogP contribution in [0.2, 0.25) is 0 Å². The number of hydrazone groups is 1. The van der Waals surface area contributed by atoms with Gasteiger partial charge in [0, 0.05) is 11.1 Å². The number of hydrogen-bond acceptors (Lipinski definition) is 4. The highest BCUT2D eigenvalue weighted by atomic mass is 16.5. The second kappa shape index (κ2) is 6.11. The van der Waals surface area contributed by atoms with Crippen LogP contribution in [0.1, 0.15) is 40.0 Å². The molecule has 2 saturated carbocycles. The van der Waals surface area contributed by atoms with Gasteiger partial charge in [-0.2, -0.15) is 5.10 Å². The molecule has 0 aromatic heterocycles. The molecule has 1 aromatic rings. The molecule has 2 aliphatic carbocycles. The summed E-state index contributed by atoms with van der Waals surface area (Å²) in [5, 5.41) is 4.43. The van der Waals surface area contributed by atoms with Crippen LogP contribution in [0, 0.1) is 16.7 Å². The van der Waals surface area contributed by atoms with Crippen LogP contribution in [-0.4, -0.2) is 25.3 Å². The zero-order valence-electron chi connectivity index (χ0n) is 14.9. The van der Waals surface area contributed by atoms with Crippen LogP contribution in [0.15, 0.2) is 29.4 Å². The standard InChI is InChI=1S/C19H26N2O3/c1-18(2)13-9-10-19(18,3)16(11-13)20-21-17(22)12-24-15-8-6-5-7-14(15)23-4/h5-8,13H,9-12H2,1-4H3,(H,21,22). The predicted molar refractivity (Wildman–Crippen MR) is 93.3 cm³/mol. The number of ether oxygens (including phenoxy) is 2. The van der Waals surface area contributed by atoms with Crippen LogP contribution in [0.4, 0.5) is 0 Å². The van der Waals surface area contributed by atoms with Crippen LogP contribution < -0.4 is 14.9 Å². The van der Waals surface area contributed by atoms with Gasteiger partial charge in [0.1, 0.15) is 0 Å². The van der Waals surface area contributed by atoms with E-state index >= 15 is 0 Å². The van der Waals surface area contributed by atoms with Crippen molar-refractivity contribution in [2.24, 2.45) is 21.8 Å². The number of carbonyl (C=O) groups excluding carboxylic acids is 1. The smallest absolute Gasteiger partial charge is 0.277 e. The Labute approximate surface area is 143 Å². The molecule has 5 heteroatoms. The molecule has 0 radical (unpaired) electrons. The third kappa shape index (κ3) is 2.66. The molecule has 130 valence electrons. The van der Waals surface area contributed by atoms with E-state index in [9.17, 15) is 4.79 Å². The van der Waals surface area contributed by atoms with Gasteiger partial charge in [-0.25, -0.2) is 5.43 Å². The van der Waals surface area contributed by atoms with Gasteiger partial charge in [0.05, 0.1) is 7.11 Å². The molecule has 1 N–H and O–H groups in total. The van der Waals surface area contributed by atoms with Crippen molar-refractivity contribution in [1.29, 1.82) is 0 Å². The van der Waals surface area contributed by atoms with E-state index in [1.165, 1.54) is 6.42 Å². The summed E-state index contributed by atoms with van der Waals surface area (Å²) in [6, 6.07) is 7.27. The third-order valence-corrected chi connectivity index (χ3v) is 6.26. The van der Waals surface area contributed by atoms with Gasteiger partial charge in [-0.1, -0.05) is 32.9 Å². The molecular weight excluding hydrogens is 304 g/mol. The fourth-order valence-electron chi connectivity index (χ4n) is 4.14. The zero-order chi connectivity index (χ0) is 17.4. The molecule has 2 unspecified atom stereocenters. The van der Waals surface area contributed by atoms with Crippen molar-refractivity contribution in [1.82, 2.24) is 5.43 Å². The first-order valence-corrected chi connectivity index (χ1v) is 8.50. The number of methoxy groups -OCH3 is 1. The molecule has 5 nitrogen and oxygen atoms in total. The quantitative estimate of drug-likeness (QED) is 0.842. The Bertz CT molecular complexity index is 668. The monoisotopic (exact) mass is 330 g/mol. The van der Waals surface area contributed by atoms with Crippen LogP contribution in [0.25, 0.3) is 0 Å². The summed E-state index contributed by atoms with van der Waals surface area (Å²) >= 11 is 0. The van der Waals surface area contributed by atoms with E-state index in [4.69, 9.17) is 9.47 Å². The van der Waals surface area contributed by atoms with Gasteiger partial charge in [-0.15, -0.1) is 0 Å². The molecular formula is C19H26N2O3. The van der Waals surface area contributed by atoms with Gasteiger partial charge in [0.15, 0.2) is 18.1 Å². The number of fused-ring (bicyclic) bond motifs is 2. The lowest BCUT2D eigenvalue weighted by Gasteiger charge is -2.34. The van der Waals surface area contributed by atoms with E-state index in [1.54, 1.807) is 19.2 Å². The Kier molecular flexibility index (Phi) is 4.28. The van der Waals surface area contributed by atoms with Crippen LogP contribution >= 0.6 is 0 Å². The number of nitrogens with zero attached hydrogens (tertiary/aromatic N) is 1. The van der Waals surface area contributed by atoms with E-state index < -0.39 is 0 Å². The summed E-state index contributed by atoms with van der Waals surface area (Å²) in [6.45, 7) is 6.83. The predicted octanol–water partition coefficient (Wildman–Crippen LogP) is 3.39. The van der Waals surface area contributed by atoms with Crippen molar-refractivity contribution in [2.45, 2.75) is 40.0 Å². The molecule has 1 amide bonds. The van der Waals surface area contributed by atoms with Gasteiger partial charge in [0.25, 0.3) is 5.91 Å². The van der Waals surface area contributed by atoms with Crippen molar-refractivity contribution < 1.29 is 14.3 Å². The third-order valence-electron chi connectivity index (χ3n) is 6.26. The molecule has 0 saturated heterocycles. The molecule has 2 fully saturated rings. The highest BCUT2D eigenvalue weighted by Gasteiger charge is 2.59. The minimum Gasteiger partial charge on any atom is -0.493 e. The summed E-state index contributed by atoms with van der Waals surface area (Å²) in [5.41, 5.74) is 4.13. The van der Waals surface area contributed by atoms with E-state index in [0.29, 0.717) is 17.4 Å². The number of rotatable bonds is 5. The average Bonchev–Trinajstić information content (AvgIpc) is 2.91. The van der Waals surface area contributed by atoms with Gasteiger partial charge >= 0.3 is 0 Å². The van der Waals surface area contributed by atoms with Crippen molar-refractivity contribution in [3.05, 3.63) is 24.3 Å². The fourth-order valence-corrected chi connectivity index (χ4v) is 4.14. The SMILES string of the molecule is COc1ccccc1OCC(=O)NN=C1CC2CCC1(C)C2(C)C. The number of nitrogens with one attached hydrogen (secondary N) is 1. The highest BCUT2D eigenvalue weighted by molar-refractivity contribution is 5.95. The van der Waals surface area contributed by atoms with Crippen molar-refractivity contribution in [2.75, 3.05) is 13.7 Å². The minimum absolute atomic E-state index is 0.0826. The number of benzene rings is 1. The van der Waals surface area contributed by atoms with Crippen LogP contribution in [0.5, 0.6) is 11.5 Å². The molecule has 3 rings (SSSR count). The average molecular weight is 330 g/mol. The lowest BCUT2D eigenvalue weighted by atomic mass is 9.70. The maximum absolute atomic E-state index is 12.1. The second-order valence-electron chi connectivity index (χ2n) is 7.53. The number of hydrogen-bond donors (Lipinski definition) is 1. The molecule has 1 aromatic carbocycles. The number of para-hydroxylation sites is 2. The summed E-state index contributed by atoms with van der Waals surface area (Å²) < 4.78 is 10.7. The molecule has 0 spiro atoms. The Morgan fingerprint density at radius 1 is 1.29 bits per heavy atom. The van der Waals surface area contributed by atoms with Crippen molar-refractivity contribution in [3.63, 3.8) is 0 Å². The van der Waals surface area contributed by atoms with Crippen LogP contribution in [-0.2, 0) is 4.79 Å². The molecule has 2 bridgehead atoms. The Balaban J connectivity index is 1.59. The zero-order valence-corrected chi connectivity index (χ0v) is 14.9. The molecule has 0 aliphatic heterocycles. The first kappa shape index (κ1) is 16.8. The first-order valence-electron chi connectivity index (χ1n) is 8.50. The van der Waals surface area contributed by atoms with E-state index in [0.717, 1.165) is 18.6 Å². The minimum atomic E-state index is -0.252. The van der Waals surface area contributed by atoms with E-state index in [2.05, 4.69) is 31.3 Å². The van der Waals surface area contributed by atoms with Gasteiger partial charge in [-0.05, 0) is 42.7 Å². The Morgan fingerprint density at radius 2 is 2.00 bits per heavy atom.